The molecule has 5 N–H and O–H groups in total. The standard InChI is InChI=1S/C12H19N3O2S/c1-12(8-13,9-6-7-9)15-10-4-2-3-5-11(10)18(14,16)17/h2-5,9,15H,6-8,13H2,1H3,(H2,14,16,17). The molecule has 0 saturated heterocycles. The van der Waals surface area contributed by atoms with E-state index in [4.69, 9.17) is 10.9 Å². The van der Waals surface area contributed by atoms with Crippen molar-refractivity contribution in [2.75, 3.05) is 11.9 Å². The zero-order valence-corrected chi connectivity index (χ0v) is 11.2. The van der Waals surface area contributed by atoms with Gasteiger partial charge in [-0.15, -0.1) is 0 Å². The van der Waals surface area contributed by atoms with Crippen LogP contribution in [0, 0.1) is 5.92 Å². The van der Waals surface area contributed by atoms with Crippen molar-refractivity contribution in [1.29, 1.82) is 0 Å². The van der Waals surface area contributed by atoms with Gasteiger partial charge in [-0.3, -0.25) is 0 Å². The molecule has 1 aromatic rings. The van der Waals surface area contributed by atoms with E-state index in [9.17, 15) is 8.42 Å². The first-order valence-electron chi connectivity index (χ1n) is 5.97. The molecule has 18 heavy (non-hydrogen) atoms. The second-order valence-electron chi connectivity index (χ2n) is 5.06. The smallest absolute Gasteiger partial charge is 0.240 e. The predicted octanol–water partition coefficient (Wildman–Crippen LogP) is 0.873. The Morgan fingerprint density at radius 1 is 1.39 bits per heavy atom. The molecule has 1 unspecified atom stereocenters. The van der Waals surface area contributed by atoms with Crippen molar-refractivity contribution in [3.05, 3.63) is 24.3 Å². The lowest BCUT2D eigenvalue weighted by Crippen LogP contribution is -2.45. The van der Waals surface area contributed by atoms with E-state index in [1.807, 2.05) is 6.92 Å². The summed E-state index contributed by atoms with van der Waals surface area (Å²) in [7, 11) is -3.72. The van der Waals surface area contributed by atoms with E-state index >= 15 is 0 Å². The van der Waals surface area contributed by atoms with Crippen LogP contribution in [0.2, 0.25) is 0 Å². The lowest BCUT2D eigenvalue weighted by atomic mass is 9.95. The van der Waals surface area contributed by atoms with Gasteiger partial charge in [0.15, 0.2) is 0 Å². The first-order valence-corrected chi connectivity index (χ1v) is 7.51. The summed E-state index contributed by atoms with van der Waals surface area (Å²) < 4.78 is 23.0. The average Bonchev–Trinajstić information content (AvgIpc) is 3.12. The SMILES string of the molecule is CC(CN)(Nc1ccccc1S(N)(=O)=O)C1CC1. The third-order valence-corrected chi connectivity index (χ3v) is 4.49. The van der Waals surface area contributed by atoms with Gasteiger partial charge in [0.2, 0.25) is 10.0 Å². The van der Waals surface area contributed by atoms with Crippen LogP contribution >= 0.6 is 0 Å². The van der Waals surface area contributed by atoms with Gasteiger partial charge in [-0.2, -0.15) is 0 Å². The topological polar surface area (TPSA) is 98.2 Å². The fourth-order valence-corrected chi connectivity index (χ4v) is 2.86. The molecule has 6 heteroatoms. The normalized spacial score (nSPS) is 19.3. The van der Waals surface area contributed by atoms with E-state index in [2.05, 4.69) is 5.32 Å². The molecular weight excluding hydrogens is 250 g/mol. The van der Waals surface area contributed by atoms with Crippen molar-refractivity contribution in [2.24, 2.45) is 16.8 Å². The zero-order valence-electron chi connectivity index (χ0n) is 10.4. The molecule has 1 aromatic carbocycles. The summed E-state index contributed by atoms with van der Waals surface area (Å²) in [6.45, 7) is 2.47. The Bertz CT molecular complexity index is 540. The molecule has 1 saturated carbocycles. The summed E-state index contributed by atoms with van der Waals surface area (Å²) in [6.07, 6.45) is 2.25. The van der Waals surface area contributed by atoms with Gasteiger partial charge >= 0.3 is 0 Å². The number of rotatable bonds is 5. The minimum Gasteiger partial charge on any atom is -0.377 e. The number of anilines is 1. The van der Waals surface area contributed by atoms with Gasteiger partial charge in [0.05, 0.1) is 5.69 Å². The van der Waals surface area contributed by atoms with Crippen LogP contribution < -0.4 is 16.2 Å². The highest BCUT2D eigenvalue weighted by atomic mass is 32.2. The van der Waals surface area contributed by atoms with Gasteiger partial charge in [-0.05, 0) is 37.8 Å². The second kappa shape index (κ2) is 4.53. The Morgan fingerprint density at radius 3 is 2.50 bits per heavy atom. The van der Waals surface area contributed by atoms with Crippen LogP contribution in [0.5, 0.6) is 0 Å². The third-order valence-electron chi connectivity index (χ3n) is 3.52. The molecule has 0 aliphatic heterocycles. The molecule has 0 aromatic heterocycles. The molecule has 0 heterocycles. The van der Waals surface area contributed by atoms with Crippen molar-refractivity contribution in [2.45, 2.75) is 30.2 Å². The summed E-state index contributed by atoms with van der Waals surface area (Å²) in [5.41, 5.74) is 6.06. The molecule has 1 aliphatic carbocycles. The average molecular weight is 269 g/mol. The van der Waals surface area contributed by atoms with E-state index in [0.717, 1.165) is 12.8 Å². The number of benzene rings is 1. The van der Waals surface area contributed by atoms with Crippen molar-refractivity contribution < 1.29 is 8.42 Å². The summed E-state index contributed by atoms with van der Waals surface area (Å²) in [5, 5.41) is 8.47. The number of hydrogen-bond donors (Lipinski definition) is 3. The lowest BCUT2D eigenvalue weighted by Gasteiger charge is -2.31. The molecule has 5 nitrogen and oxygen atoms in total. The van der Waals surface area contributed by atoms with Crippen LogP contribution in [0.1, 0.15) is 19.8 Å². The van der Waals surface area contributed by atoms with Gasteiger partial charge in [0, 0.05) is 12.1 Å². The van der Waals surface area contributed by atoms with Gasteiger partial charge < -0.3 is 11.1 Å². The maximum Gasteiger partial charge on any atom is 0.240 e. The lowest BCUT2D eigenvalue weighted by molar-refractivity contribution is 0.458. The summed E-state index contributed by atoms with van der Waals surface area (Å²) >= 11 is 0. The molecule has 0 spiro atoms. The van der Waals surface area contributed by atoms with E-state index in [-0.39, 0.29) is 10.4 Å². The molecule has 1 aliphatic rings. The molecule has 0 amide bonds. The van der Waals surface area contributed by atoms with Gasteiger partial charge in [-0.1, -0.05) is 12.1 Å². The van der Waals surface area contributed by atoms with Crippen LogP contribution in [0.15, 0.2) is 29.2 Å². The molecule has 1 atom stereocenters. The number of para-hydroxylation sites is 1. The number of primary sulfonamides is 1. The minimum absolute atomic E-state index is 0.116. The molecule has 2 rings (SSSR count). The summed E-state index contributed by atoms with van der Waals surface area (Å²) in [5.74, 6) is 0.496. The fourth-order valence-electron chi connectivity index (χ4n) is 2.17. The first kappa shape index (κ1) is 13.3. The van der Waals surface area contributed by atoms with Crippen molar-refractivity contribution in [3.63, 3.8) is 0 Å². The van der Waals surface area contributed by atoms with Crippen molar-refractivity contribution in [1.82, 2.24) is 0 Å². The maximum absolute atomic E-state index is 11.5. The molecule has 0 radical (unpaired) electrons. The van der Waals surface area contributed by atoms with Gasteiger partial charge in [0.25, 0.3) is 0 Å². The number of nitrogens with one attached hydrogen (secondary N) is 1. The summed E-state index contributed by atoms with van der Waals surface area (Å²) in [6, 6.07) is 6.65. The van der Waals surface area contributed by atoms with Crippen molar-refractivity contribution >= 4 is 15.7 Å². The number of sulfonamides is 1. The monoisotopic (exact) mass is 269 g/mol. The largest absolute Gasteiger partial charge is 0.377 e. The molecule has 0 bridgehead atoms. The van der Waals surface area contributed by atoms with E-state index in [1.54, 1.807) is 18.2 Å². The fraction of sp³-hybridized carbons (Fsp3) is 0.500. The second-order valence-corrected chi connectivity index (χ2v) is 6.59. The van der Waals surface area contributed by atoms with E-state index in [1.165, 1.54) is 6.07 Å². The maximum atomic E-state index is 11.5. The highest BCUT2D eigenvalue weighted by Gasteiger charge is 2.41. The van der Waals surface area contributed by atoms with E-state index in [0.29, 0.717) is 18.2 Å². The van der Waals surface area contributed by atoms with Gasteiger partial charge in [0.1, 0.15) is 4.90 Å². The number of nitrogens with two attached hydrogens (primary N) is 2. The van der Waals surface area contributed by atoms with Crippen LogP contribution in [0.4, 0.5) is 5.69 Å². The Balaban J connectivity index is 2.34. The minimum atomic E-state index is -3.72. The van der Waals surface area contributed by atoms with Crippen LogP contribution in [0.3, 0.4) is 0 Å². The Morgan fingerprint density at radius 2 is 2.00 bits per heavy atom. The Kier molecular flexibility index (Phi) is 3.35. The highest BCUT2D eigenvalue weighted by Crippen LogP contribution is 2.41. The quantitative estimate of drug-likeness (QED) is 0.738. The van der Waals surface area contributed by atoms with Crippen molar-refractivity contribution in [3.8, 4) is 0 Å². The highest BCUT2D eigenvalue weighted by molar-refractivity contribution is 7.89. The third kappa shape index (κ3) is 2.66. The first-order chi connectivity index (χ1) is 8.37. The molecule has 1 fully saturated rings. The molecular formula is C12H19N3O2S. The Labute approximate surface area is 108 Å². The van der Waals surface area contributed by atoms with Crippen LogP contribution in [0.25, 0.3) is 0 Å². The predicted molar refractivity (Wildman–Crippen MR) is 71.6 cm³/mol. The number of hydrogen-bond acceptors (Lipinski definition) is 4. The summed E-state index contributed by atoms with van der Waals surface area (Å²) in [4.78, 5) is 0.116. The Hall–Kier alpha value is -1.11. The molecule has 100 valence electrons. The van der Waals surface area contributed by atoms with Gasteiger partial charge in [-0.25, -0.2) is 13.6 Å². The van der Waals surface area contributed by atoms with E-state index < -0.39 is 10.0 Å². The van der Waals surface area contributed by atoms with Crippen LogP contribution in [-0.2, 0) is 10.0 Å². The zero-order chi connectivity index (χ0) is 13.4. The van der Waals surface area contributed by atoms with Crippen LogP contribution in [-0.4, -0.2) is 20.5 Å².